The molecule has 21 heteroatoms. The summed E-state index contributed by atoms with van der Waals surface area (Å²) in [4.78, 5) is 69.1. The van der Waals surface area contributed by atoms with Crippen LogP contribution in [0.2, 0.25) is 0 Å². The van der Waals surface area contributed by atoms with Gasteiger partial charge >= 0.3 is 43.2 Å². The smallest absolute Gasteiger partial charge is 0.371 e. The van der Waals surface area contributed by atoms with Crippen LogP contribution in [0.15, 0.2) is 0 Å². The van der Waals surface area contributed by atoms with Crippen molar-refractivity contribution in [2.24, 2.45) is 0 Å². The summed E-state index contributed by atoms with van der Waals surface area (Å²) in [7, 11) is -20.2. The van der Waals surface area contributed by atoms with E-state index in [1.807, 2.05) is 0 Å². The molecule has 0 saturated carbocycles. The Balaban J connectivity index is -0.000000372. The second-order valence-corrected chi connectivity index (χ2v) is 8.76. The SMILES string of the molecule is CC(=O)OP(=O)(O)OP(=O)(O)O.CC(=O)OP(=O)(O)OP(=O)(O)O.[Cu]. The second-order valence-electron chi connectivity index (χ2n) is 3.25. The first-order valence-corrected chi connectivity index (χ1v) is 10.9. The Labute approximate surface area is 149 Å². The van der Waals surface area contributed by atoms with Crippen molar-refractivity contribution in [1.82, 2.24) is 0 Å². The molecule has 16 nitrogen and oxygen atoms in total. The molecule has 6 N–H and O–H groups in total. The van der Waals surface area contributed by atoms with E-state index in [-0.39, 0.29) is 17.1 Å². The zero-order valence-corrected chi connectivity index (χ0v) is 16.4. The molecule has 1 radical (unpaired) electrons. The fourth-order valence-electron chi connectivity index (χ4n) is 0.627. The van der Waals surface area contributed by atoms with Crippen LogP contribution < -0.4 is 0 Å². The van der Waals surface area contributed by atoms with Crippen molar-refractivity contribution >= 4 is 43.2 Å². The van der Waals surface area contributed by atoms with E-state index in [4.69, 9.17) is 29.4 Å². The molecule has 0 bridgehead atoms. The van der Waals surface area contributed by atoms with Crippen molar-refractivity contribution in [2.45, 2.75) is 13.8 Å². The van der Waals surface area contributed by atoms with Gasteiger partial charge in [-0.2, -0.15) is 8.62 Å². The van der Waals surface area contributed by atoms with Crippen LogP contribution in [-0.4, -0.2) is 41.3 Å². The first-order valence-electron chi connectivity index (χ1n) is 4.84. The third-order valence-corrected chi connectivity index (χ3v) is 5.24. The summed E-state index contributed by atoms with van der Waals surface area (Å²) in [6.07, 6.45) is 0. The van der Waals surface area contributed by atoms with Gasteiger partial charge in [-0.05, 0) is 0 Å². The molecule has 0 aromatic rings. The van der Waals surface area contributed by atoms with Gasteiger partial charge in [0.1, 0.15) is 0 Å². The van der Waals surface area contributed by atoms with Crippen molar-refractivity contribution in [3.05, 3.63) is 0 Å². The third-order valence-electron chi connectivity index (χ3n) is 0.907. The molecule has 0 aromatic carbocycles. The molecule has 2 unspecified atom stereocenters. The molecule has 0 aliphatic heterocycles. The molecule has 0 spiro atoms. The molecule has 0 aliphatic carbocycles. The zero-order chi connectivity index (χ0) is 20.0. The van der Waals surface area contributed by atoms with Crippen LogP contribution in [0.5, 0.6) is 0 Å². The van der Waals surface area contributed by atoms with Gasteiger partial charge in [-0.15, -0.1) is 0 Å². The Hall–Kier alpha value is 0.0595. The quantitative estimate of drug-likeness (QED) is 0.197. The molecule has 0 saturated heterocycles. The number of hydrogen-bond acceptors (Lipinski definition) is 10. The van der Waals surface area contributed by atoms with Crippen molar-refractivity contribution in [3.8, 4) is 0 Å². The minimum absolute atomic E-state index is 0. The van der Waals surface area contributed by atoms with Gasteiger partial charge in [-0.1, -0.05) is 0 Å². The molecule has 0 heterocycles. The van der Waals surface area contributed by atoms with Crippen LogP contribution in [0.4, 0.5) is 0 Å². The minimum Gasteiger partial charge on any atom is -0.371 e. The maximum absolute atomic E-state index is 10.4. The minimum atomic E-state index is -5.13. The average molecular weight is 504 g/mol. The van der Waals surface area contributed by atoms with Crippen LogP contribution >= 0.6 is 31.3 Å². The van der Waals surface area contributed by atoms with E-state index in [2.05, 4.69) is 17.7 Å². The Morgan fingerprint density at radius 1 is 0.640 bits per heavy atom. The molecule has 0 aliphatic rings. The Bertz CT molecular complexity index is 587. The summed E-state index contributed by atoms with van der Waals surface area (Å²) in [6.45, 7) is 1.57. The van der Waals surface area contributed by atoms with Crippen LogP contribution in [0, 0.1) is 0 Å². The largest absolute Gasteiger partial charge is 0.538 e. The molecule has 2 atom stereocenters. The van der Waals surface area contributed by atoms with Crippen molar-refractivity contribution < 1.29 is 91.9 Å². The summed E-state index contributed by atoms with van der Waals surface area (Å²) in [5.41, 5.74) is 0. The number of carbonyl (C=O) groups excluding carboxylic acids is 2. The van der Waals surface area contributed by atoms with Gasteiger partial charge < -0.3 is 28.6 Å². The van der Waals surface area contributed by atoms with Gasteiger partial charge in [-0.25, -0.2) is 18.3 Å². The predicted molar refractivity (Wildman–Crippen MR) is 69.4 cm³/mol. The van der Waals surface area contributed by atoms with E-state index in [9.17, 15) is 27.8 Å². The number of hydrogen-bond donors (Lipinski definition) is 6. The Kier molecular flexibility index (Phi) is 13.1. The molecular weight excluding hydrogens is 491 g/mol. The maximum atomic E-state index is 10.4. The molecule has 0 aromatic heterocycles. The standard InChI is InChI=1S/2C2H6O8P2.Cu/c2*1-2(3)9-12(7,8)10-11(4,5)6;/h2*1H3,(H,7,8)(H2,4,5,6);. The summed E-state index contributed by atoms with van der Waals surface area (Å²) in [5, 5.41) is 0. The van der Waals surface area contributed by atoms with Gasteiger partial charge in [0.25, 0.3) is 0 Å². The molecule has 25 heavy (non-hydrogen) atoms. The topological polar surface area (TPSA) is 261 Å². The molecule has 0 fully saturated rings. The van der Waals surface area contributed by atoms with Crippen molar-refractivity contribution in [3.63, 3.8) is 0 Å². The Morgan fingerprint density at radius 3 is 0.960 bits per heavy atom. The van der Waals surface area contributed by atoms with Gasteiger partial charge in [0, 0.05) is 30.9 Å². The van der Waals surface area contributed by atoms with E-state index in [0.29, 0.717) is 0 Å². The molecular formula is C4H12CuO16P4. The van der Waals surface area contributed by atoms with Crippen LogP contribution in [0.25, 0.3) is 0 Å². The average Bonchev–Trinajstić information content (AvgIpc) is 2.02. The summed E-state index contributed by atoms with van der Waals surface area (Å²) >= 11 is 0. The van der Waals surface area contributed by atoms with Crippen molar-refractivity contribution in [1.29, 1.82) is 0 Å². The van der Waals surface area contributed by atoms with Crippen LogP contribution in [0.3, 0.4) is 0 Å². The van der Waals surface area contributed by atoms with Crippen molar-refractivity contribution in [2.75, 3.05) is 0 Å². The Morgan fingerprint density at radius 2 is 0.840 bits per heavy atom. The van der Waals surface area contributed by atoms with E-state index >= 15 is 0 Å². The second kappa shape index (κ2) is 11.0. The molecule has 0 amide bonds. The van der Waals surface area contributed by atoms with Crippen LogP contribution in [-0.2, 0) is 62.6 Å². The number of carbonyl (C=O) groups is 2. The molecule has 155 valence electrons. The van der Waals surface area contributed by atoms with Gasteiger partial charge in [0.2, 0.25) is 0 Å². The summed E-state index contributed by atoms with van der Waals surface area (Å²) in [6, 6.07) is 0. The first kappa shape index (κ1) is 29.8. The number of phosphoric ester groups is 2. The summed E-state index contributed by atoms with van der Waals surface area (Å²) in [5.74, 6) is -2.37. The van der Waals surface area contributed by atoms with Gasteiger partial charge in [0.05, 0.1) is 0 Å². The van der Waals surface area contributed by atoms with E-state index in [0.717, 1.165) is 13.8 Å². The number of rotatable bonds is 6. The molecule has 0 rings (SSSR count). The summed E-state index contributed by atoms with van der Waals surface area (Å²) < 4.78 is 54.5. The van der Waals surface area contributed by atoms with Gasteiger partial charge in [0.15, 0.2) is 0 Å². The van der Waals surface area contributed by atoms with Gasteiger partial charge in [-0.3, -0.25) is 19.4 Å². The van der Waals surface area contributed by atoms with E-state index in [1.165, 1.54) is 0 Å². The van der Waals surface area contributed by atoms with E-state index in [1.54, 1.807) is 0 Å². The van der Waals surface area contributed by atoms with Crippen LogP contribution in [0.1, 0.15) is 13.8 Å². The maximum Gasteiger partial charge on any atom is 0.538 e. The fourth-order valence-corrected chi connectivity index (χ4v) is 3.69. The predicted octanol–water partition coefficient (Wildman–Crippen LogP) is -0.484. The number of phosphoric acid groups is 4. The fraction of sp³-hybridized carbons (Fsp3) is 0.500. The van der Waals surface area contributed by atoms with E-state index < -0.39 is 43.2 Å². The first-order chi connectivity index (χ1) is 10.2. The zero-order valence-electron chi connectivity index (χ0n) is 11.9. The normalized spacial score (nSPS) is 16.0. The monoisotopic (exact) mass is 503 g/mol. The third kappa shape index (κ3) is 24.1.